The third-order valence-corrected chi connectivity index (χ3v) is 8.53. The van der Waals surface area contributed by atoms with Gasteiger partial charge in [0.25, 0.3) is 11.8 Å². The Morgan fingerprint density at radius 2 is 1.41 bits per heavy atom. The smallest absolute Gasteiger partial charge is 0.261 e. The van der Waals surface area contributed by atoms with Crippen LogP contribution in [0.1, 0.15) is 71.5 Å². The molecule has 0 bridgehead atoms. The fourth-order valence-corrected chi connectivity index (χ4v) is 6.77. The first kappa shape index (κ1) is 25.1. The molecule has 0 radical (unpaired) electrons. The van der Waals surface area contributed by atoms with Gasteiger partial charge < -0.3 is 4.90 Å². The Bertz CT molecular complexity index is 1600. The van der Waals surface area contributed by atoms with E-state index in [2.05, 4.69) is 58.0 Å². The van der Waals surface area contributed by atoms with Gasteiger partial charge in [0.05, 0.1) is 0 Å². The minimum absolute atomic E-state index is 0.274. The Balaban J connectivity index is 1.38. The predicted octanol–water partition coefficient (Wildman–Crippen LogP) is 6.52. The van der Waals surface area contributed by atoms with Gasteiger partial charge in [-0.2, -0.15) is 0 Å². The van der Waals surface area contributed by atoms with Crippen molar-refractivity contribution in [3.63, 3.8) is 0 Å². The number of anilines is 1. The lowest BCUT2D eigenvalue weighted by Crippen LogP contribution is -2.58. The Labute approximate surface area is 229 Å². The molecule has 5 nitrogen and oxygen atoms in total. The van der Waals surface area contributed by atoms with E-state index >= 15 is 0 Å². The predicted molar refractivity (Wildman–Crippen MR) is 154 cm³/mol. The van der Waals surface area contributed by atoms with Crippen molar-refractivity contribution in [1.82, 2.24) is 4.90 Å². The summed E-state index contributed by atoms with van der Waals surface area (Å²) in [6, 6.07) is 27.6. The van der Waals surface area contributed by atoms with Gasteiger partial charge in [0.2, 0.25) is 5.91 Å². The quantitative estimate of drug-likeness (QED) is 0.290. The van der Waals surface area contributed by atoms with Gasteiger partial charge in [-0.05, 0) is 67.0 Å². The molecule has 0 saturated carbocycles. The van der Waals surface area contributed by atoms with Gasteiger partial charge in [-0.1, -0.05) is 80.6 Å². The number of fused-ring (bicyclic) bond motifs is 1. The lowest BCUT2D eigenvalue weighted by Gasteiger charge is -2.51. The molecular weight excluding hydrogens is 484 g/mol. The number of nitrogens with zero attached hydrogens (tertiary/aromatic N) is 2. The molecule has 5 heteroatoms. The maximum absolute atomic E-state index is 14.1. The molecule has 3 amide bonds. The second-order valence-electron chi connectivity index (χ2n) is 11.5. The number of carbonyl (C=O) groups excluding carboxylic acids is 3. The molecule has 6 rings (SSSR count). The van der Waals surface area contributed by atoms with E-state index in [1.165, 1.54) is 11.1 Å². The molecule has 0 saturated heterocycles. The third-order valence-electron chi connectivity index (χ3n) is 8.53. The number of benzene rings is 4. The van der Waals surface area contributed by atoms with Crippen molar-refractivity contribution in [2.45, 2.75) is 51.5 Å². The largest absolute Gasteiger partial charge is 0.305 e. The number of aryl methyl sites for hydroxylation is 1. The molecule has 2 heterocycles. The lowest BCUT2D eigenvalue weighted by atomic mass is 9.65. The van der Waals surface area contributed by atoms with Crippen LogP contribution in [0.25, 0.3) is 10.8 Å². The van der Waals surface area contributed by atoms with Crippen LogP contribution < -0.4 is 4.90 Å². The molecule has 0 fully saturated rings. The molecular formula is C34H32N2O3. The summed E-state index contributed by atoms with van der Waals surface area (Å²) in [4.78, 5) is 44.0. The van der Waals surface area contributed by atoms with Crippen LogP contribution >= 0.6 is 0 Å². The first-order valence-corrected chi connectivity index (χ1v) is 13.6. The number of rotatable bonds is 4. The van der Waals surface area contributed by atoms with Gasteiger partial charge in [-0.3, -0.25) is 19.3 Å². The normalized spacial score (nSPS) is 19.8. The highest BCUT2D eigenvalue weighted by atomic mass is 16.2. The lowest BCUT2D eigenvalue weighted by molar-refractivity contribution is -0.120. The summed E-state index contributed by atoms with van der Waals surface area (Å²) in [6.07, 6.45) is 1.67. The van der Waals surface area contributed by atoms with Crippen LogP contribution in [-0.4, -0.2) is 34.7 Å². The summed E-state index contributed by atoms with van der Waals surface area (Å²) >= 11 is 0. The monoisotopic (exact) mass is 516 g/mol. The first-order chi connectivity index (χ1) is 18.7. The number of imide groups is 1. The number of hydrogen-bond donors (Lipinski definition) is 0. The number of carbonyl (C=O) groups is 3. The fraction of sp³-hybridized carbons (Fsp3) is 0.265. The van der Waals surface area contributed by atoms with Crippen LogP contribution in [0.15, 0.2) is 84.9 Å². The summed E-state index contributed by atoms with van der Waals surface area (Å²) < 4.78 is 0. The average molecular weight is 517 g/mol. The highest BCUT2D eigenvalue weighted by Crippen LogP contribution is 2.50. The highest BCUT2D eigenvalue weighted by molar-refractivity contribution is 6.26. The SMILES string of the molecule is CCc1ccc(C2(C)CC(C)(C)N(C(=O)CN3C(=O)c4cccc5cccc(c45)C3=O)c3ccccc32)cc1. The summed E-state index contributed by atoms with van der Waals surface area (Å²) in [5.41, 5.74) is 4.41. The molecule has 4 aromatic carbocycles. The van der Waals surface area contributed by atoms with E-state index in [1.807, 2.05) is 42.5 Å². The highest BCUT2D eigenvalue weighted by Gasteiger charge is 2.48. The van der Waals surface area contributed by atoms with Crippen LogP contribution in [-0.2, 0) is 16.6 Å². The molecule has 2 aliphatic rings. The standard InChI is InChI=1S/C34H32N2O3/c1-5-22-16-18-24(19-17-22)34(4)21-33(2,3)36(28-15-7-6-14-27(28)34)29(37)20-35-31(38)25-12-8-10-23-11-9-13-26(30(23)25)32(35)39/h6-19H,5,20-21H2,1-4H3. The van der Waals surface area contributed by atoms with Gasteiger partial charge >= 0.3 is 0 Å². The zero-order chi connectivity index (χ0) is 27.5. The Morgan fingerprint density at radius 3 is 2.03 bits per heavy atom. The summed E-state index contributed by atoms with van der Waals surface area (Å²) in [5.74, 6) is -1.13. The van der Waals surface area contributed by atoms with Gasteiger partial charge in [-0.25, -0.2) is 0 Å². The molecule has 196 valence electrons. The van der Waals surface area contributed by atoms with Gasteiger partial charge in [-0.15, -0.1) is 0 Å². The number of para-hydroxylation sites is 1. The summed E-state index contributed by atoms with van der Waals surface area (Å²) in [6.45, 7) is 8.20. The van der Waals surface area contributed by atoms with Crippen LogP contribution in [0.2, 0.25) is 0 Å². The van der Waals surface area contributed by atoms with Crippen molar-refractivity contribution >= 4 is 34.2 Å². The van der Waals surface area contributed by atoms with E-state index in [0.29, 0.717) is 22.9 Å². The van der Waals surface area contributed by atoms with E-state index in [9.17, 15) is 14.4 Å². The Hall–Kier alpha value is -4.25. The van der Waals surface area contributed by atoms with Crippen molar-refractivity contribution < 1.29 is 14.4 Å². The minimum Gasteiger partial charge on any atom is -0.305 e. The van der Waals surface area contributed by atoms with Crippen molar-refractivity contribution in [2.75, 3.05) is 11.4 Å². The molecule has 0 aliphatic carbocycles. The number of amides is 3. The van der Waals surface area contributed by atoms with E-state index in [0.717, 1.165) is 28.0 Å². The molecule has 4 aromatic rings. The van der Waals surface area contributed by atoms with Crippen molar-refractivity contribution in [1.29, 1.82) is 0 Å². The second-order valence-corrected chi connectivity index (χ2v) is 11.5. The zero-order valence-electron chi connectivity index (χ0n) is 22.8. The minimum atomic E-state index is -0.566. The van der Waals surface area contributed by atoms with Gasteiger partial charge in [0, 0.05) is 33.2 Å². The molecule has 0 spiro atoms. The van der Waals surface area contributed by atoms with Gasteiger partial charge in [0.1, 0.15) is 6.54 Å². The zero-order valence-corrected chi connectivity index (χ0v) is 22.8. The van der Waals surface area contributed by atoms with Crippen LogP contribution in [0, 0.1) is 0 Å². The second kappa shape index (κ2) is 8.91. The van der Waals surface area contributed by atoms with Gasteiger partial charge in [0.15, 0.2) is 0 Å². The third kappa shape index (κ3) is 3.79. The van der Waals surface area contributed by atoms with Crippen molar-refractivity contribution in [2.24, 2.45) is 0 Å². The summed E-state index contributed by atoms with van der Waals surface area (Å²) in [5, 5.41) is 1.50. The van der Waals surface area contributed by atoms with Crippen molar-refractivity contribution in [3.8, 4) is 0 Å². The molecule has 39 heavy (non-hydrogen) atoms. The molecule has 1 atom stereocenters. The Morgan fingerprint density at radius 1 is 0.795 bits per heavy atom. The maximum atomic E-state index is 14.1. The summed E-state index contributed by atoms with van der Waals surface area (Å²) in [7, 11) is 0. The first-order valence-electron chi connectivity index (χ1n) is 13.6. The average Bonchev–Trinajstić information content (AvgIpc) is 2.93. The van der Waals surface area contributed by atoms with E-state index in [-0.39, 0.29) is 17.9 Å². The number of hydrogen-bond acceptors (Lipinski definition) is 3. The molecule has 2 aliphatic heterocycles. The van der Waals surface area contributed by atoms with Crippen molar-refractivity contribution in [3.05, 3.63) is 113 Å². The fourth-order valence-electron chi connectivity index (χ4n) is 6.77. The van der Waals surface area contributed by atoms with Crippen LogP contribution in [0.5, 0.6) is 0 Å². The maximum Gasteiger partial charge on any atom is 0.261 e. The molecule has 0 N–H and O–H groups in total. The Kier molecular flexibility index (Phi) is 5.72. The topological polar surface area (TPSA) is 57.7 Å². The van der Waals surface area contributed by atoms with E-state index < -0.39 is 17.4 Å². The van der Waals surface area contributed by atoms with Crippen LogP contribution in [0.4, 0.5) is 5.69 Å². The van der Waals surface area contributed by atoms with E-state index in [4.69, 9.17) is 0 Å². The molecule has 1 unspecified atom stereocenters. The van der Waals surface area contributed by atoms with E-state index in [1.54, 1.807) is 17.0 Å². The molecule has 0 aromatic heterocycles. The van der Waals surface area contributed by atoms with Crippen LogP contribution in [0.3, 0.4) is 0 Å².